The van der Waals surface area contributed by atoms with E-state index in [-0.39, 0.29) is 0 Å². The predicted octanol–water partition coefficient (Wildman–Crippen LogP) is 4.62. The van der Waals surface area contributed by atoms with Gasteiger partial charge >= 0.3 is 0 Å². The van der Waals surface area contributed by atoms with Crippen molar-refractivity contribution in [2.75, 3.05) is 19.3 Å². The number of hydrogen-bond donors (Lipinski definition) is 0. The predicted molar refractivity (Wildman–Crippen MR) is 95.2 cm³/mol. The first-order valence-corrected chi connectivity index (χ1v) is 9.20. The van der Waals surface area contributed by atoms with E-state index in [1.165, 1.54) is 34.6 Å². The molecule has 0 spiro atoms. The summed E-state index contributed by atoms with van der Waals surface area (Å²) in [7, 11) is 0. The number of benzene rings is 2. The molecule has 112 valence electrons. The van der Waals surface area contributed by atoms with Crippen LogP contribution in [0.1, 0.15) is 23.1 Å². The van der Waals surface area contributed by atoms with Crippen molar-refractivity contribution in [3.63, 3.8) is 0 Å². The van der Waals surface area contributed by atoms with Gasteiger partial charge in [0.25, 0.3) is 0 Å². The maximum Gasteiger partial charge on any atom is 0.0237 e. The standard InChI is InChI=1S/C20H21NS/c1-22-18-8-6-15(7-9-18)13-21-11-10-20-17(14-21)12-16-4-2-3-5-19(16)20/h2-9H,10-14H2,1H3. The van der Waals surface area contributed by atoms with Crippen LogP contribution in [0.15, 0.2) is 59.0 Å². The van der Waals surface area contributed by atoms with Crippen molar-refractivity contribution >= 4 is 17.3 Å². The first-order chi connectivity index (χ1) is 10.8. The van der Waals surface area contributed by atoms with Gasteiger partial charge in [-0.25, -0.2) is 0 Å². The number of rotatable bonds is 3. The second-order valence-corrected chi connectivity index (χ2v) is 7.10. The van der Waals surface area contributed by atoms with Gasteiger partial charge < -0.3 is 0 Å². The van der Waals surface area contributed by atoms with E-state index in [1.54, 1.807) is 11.1 Å². The van der Waals surface area contributed by atoms with E-state index in [4.69, 9.17) is 0 Å². The highest BCUT2D eigenvalue weighted by molar-refractivity contribution is 7.98. The maximum atomic E-state index is 2.60. The van der Waals surface area contributed by atoms with Gasteiger partial charge in [-0.05, 0) is 59.1 Å². The summed E-state index contributed by atoms with van der Waals surface area (Å²) in [4.78, 5) is 3.94. The molecule has 0 amide bonds. The van der Waals surface area contributed by atoms with Crippen LogP contribution in [0, 0.1) is 0 Å². The van der Waals surface area contributed by atoms with E-state index in [0.29, 0.717) is 0 Å². The second-order valence-electron chi connectivity index (χ2n) is 6.22. The van der Waals surface area contributed by atoms with E-state index >= 15 is 0 Å². The van der Waals surface area contributed by atoms with Crippen LogP contribution in [-0.4, -0.2) is 24.2 Å². The third-order valence-corrected chi connectivity index (χ3v) is 5.57. The van der Waals surface area contributed by atoms with Gasteiger partial charge in [0.2, 0.25) is 0 Å². The fourth-order valence-corrected chi connectivity index (χ4v) is 4.11. The Morgan fingerprint density at radius 2 is 1.86 bits per heavy atom. The highest BCUT2D eigenvalue weighted by Crippen LogP contribution is 2.38. The molecule has 1 aliphatic heterocycles. The lowest BCUT2D eigenvalue weighted by Gasteiger charge is -2.28. The molecule has 1 aliphatic carbocycles. The van der Waals surface area contributed by atoms with Gasteiger partial charge in [0.1, 0.15) is 0 Å². The number of nitrogens with zero attached hydrogens (tertiary/aromatic N) is 1. The quantitative estimate of drug-likeness (QED) is 0.761. The molecule has 2 aromatic rings. The fraction of sp³-hybridized carbons (Fsp3) is 0.300. The van der Waals surface area contributed by atoms with Crippen molar-refractivity contribution in [1.29, 1.82) is 0 Å². The molecule has 0 N–H and O–H groups in total. The van der Waals surface area contributed by atoms with Crippen LogP contribution >= 0.6 is 11.8 Å². The minimum absolute atomic E-state index is 1.07. The third-order valence-electron chi connectivity index (χ3n) is 4.83. The van der Waals surface area contributed by atoms with Crippen molar-refractivity contribution in [3.8, 4) is 0 Å². The molecule has 0 saturated heterocycles. The lowest BCUT2D eigenvalue weighted by molar-refractivity contribution is 0.285. The van der Waals surface area contributed by atoms with Gasteiger partial charge in [-0.3, -0.25) is 4.90 Å². The normalized spacial score (nSPS) is 17.5. The third kappa shape index (κ3) is 2.62. The Labute approximate surface area is 137 Å². The number of fused-ring (bicyclic) bond motifs is 2. The van der Waals surface area contributed by atoms with Crippen LogP contribution in [0.25, 0.3) is 5.57 Å². The summed E-state index contributed by atoms with van der Waals surface area (Å²) in [5.41, 5.74) is 7.75. The SMILES string of the molecule is CSc1ccc(CN2CCC3=C(Cc4ccccc43)C2)cc1. The smallest absolute Gasteiger partial charge is 0.0237 e. The summed E-state index contributed by atoms with van der Waals surface area (Å²) in [5.74, 6) is 0. The molecule has 1 heterocycles. The number of hydrogen-bond acceptors (Lipinski definition) is 2. The summed E-state index contributed by atoms with van der Waals surface area (Å²) in [6.45, 7) is 3.38. The average Bonchev–Trinajstić information content (AvgIpc) is 2.93. The molecule has 2 aliphatic rings. The van der Waals surface area contributed by atoms with E-state index in [9.17, 15) is 0 Å². The molecule has 0 unspecified atom stereocenters. The molecule has 0 fully saturated rings. The Hall–Kier alpha value is -1.51. The number of thioether (sulfide) groups is 1. The molecule has 0 radical (unpaired) electrons. The van der Waals surface area contributed by atoms with Gasteiger partial charge in [0.15, 0.2) is 0 Å². The van der Waals surface area contributed by atoms with Crippen molar-refractivity contribution in [1.82, 2.24) is 4.90 Å². The highest BCUT2D eigenvalue weighted by atomic mass is 32.2. The first-order valence-electron chi connectivity index (χ1n) is 7.98. The Kier molecular flexibility index (Phi) is 3.81. The summed E-state index contributed by atoms with van der Waals surface area (Å²) < 4.78 is 0. The van der Waals surface area contributed by atoms with Crippen molar-refractivity contribution < 1.29 is 0 Å². The van der Waals surface area contributed by atoms with E-state index in [1.807, 2.05) is 11.8 Å². The van der Waals surface area contributed by atoms with E-state index in [2.05, 4.69) is 59.7 Å². The van der Waals surface area contributed by atoms with Crippen molar-refractivity contribution in [2.24, 2.45) is 0 Å². The van der Waals surface area contributed by atoms with Crippen LogP contribution in [0.3, 0.4) is 0 Å². The molecule has 4 rings (SSSR count). The summed E-state index contributed by atoms with van der Waals surface area (Å²) >= 11 is 1.81. The van der Waals surface area contributed by atoms with E-state index in [0.717, 1.165) is 19.5 Å². The average molecular weight is 307 g/mol. The summed E-state index contributed by atoms with van der Waals surface area (Å²) in [6.07, 6.45) is 4.49. The van der Waals surface area contributed by atoms with Crippen LogP contribution < -0.4 is 0 Å². The minimum atomic E-state index is 1.07. The fourth-order valence-electron chi connectivity index (χ4n) is 3.70. The Balaban J connectivity index is 1.47. The molecule has 0 aromatic heterocycles. The Bertz CT molecular complexity index is 715. The van der Waals surface area contributed by atoms with Crippen LogP contribution in [-0.2, 0) is 13.0 Å². The molecule has 22 heavy (non-hydrogen) atoms. The van der Waals surface area contributed by atoms with Crippen LogP contribution in [0.4, 0.5) is 0 Å². The van der Waals surface area contributed by atoms with E-state index < -0.39 is 0 Å². The van der Waals surface area contributed by atoms with Gasteiger partial charge in [-0.2, -0.15) is 0 Å². The second kappa shape index (κ2) is 5.94. The topological polar surface area (TPSA) is 3.24 Å². The molecular formula is C20H21NS. The lowest BCUT2D eigenvalue weighted by Crippen LogP contribution is -2.30. The van der Waals surface area contributed by atoms with Gasteiger partial charge in [-0.15, -0.1) is 11.8 Å². The summed E-state index contributed by atoms with van der Waals surface area (Å²) in [6, 6.07) is 18.0. The van der Waals surface area contributed by atoms with Crippen molar-refractivity contribution in [2.45, 2.75) is 24.3 Å². The zero-order valence-corrected chi connectivity index (χ0v) is 13.8. The molecular weight excluding hydrogens is 286 g/mol. The molecule has 1 nitrogen and oxygen atoms in total. The van der Waals surface area contributed by atoms with Crippen molar-refractivity contribution in [3.05, 3.63) is 70.8 Å². The first kappa shape index (κ1) is 14.1. The zero-order chi connectivity index (χ0) is 14.9. The molecule has 2 aromatic carbocycles. The van der Waals surface area contributed by atoms with Crippen LogP contribution in [0.2, 0.25) is 0 Å². The Morgan fingerprint density at radius 3 is 2.68 bits per heavy atom. The minimum Gasteiger partial charge on any atom is -0.295 e. The molecule has 0 saturated carbocycles. The summed E-state index contributed by atoms with van der Waals surface area (Å²) in [5, 5.41) is 0. The largest absolute Gasteiger partial charge is 0.295 e. The Morgan fingerprint density at radius 1 is 1.05 bits per heavy atom. The molecule has 0 bridgehead atoms. The maximum absolute atomic E-state index is 2.60. The highest BCUT2D eigenvalue weighted by Gasteiger charge is 2.26. The van der Waals surface area contributed by atoms with Crippen LogP contribution in [0.5, 0.6) is 0 Å². The zero-order valence-electron chi connectivity index (χ0n) is 13.0. The van der Waals surface area contributed by atoms with Gasteiger partial charge in [0.05, 0.1) is 0 Å². The van der Waals surface area contributed by atoms with Gasteiger partial charge in [-0.1, -0.05) is 36.4 Å². The lowest BCUT2D eigenvalue weighted by atomic mass is 9.99. The monoisotopic (exact) mass is 307 g/mol. The molecule has 0 atom stereocenters. The molecule has 2 heteroatoms. The van der Waals surface area contributed by atoms with Gasteiger partial charge in [0, 0.05) is 24.5 Å².